The molecule has 0 aromatic rings. The van der Waals surface area contributed by atoms with Crippen molar-refractivity contribution in [2.75, 3.05) is 32.8 Å². The van der Waals surface area contributed by atoms with Gasteiger partial charge in [0.2, 0.25) is 6.29 Å². The third-order valence-electron chi connectivity index (χ3n) is 2.09. The first-order valence-electron chi connectivity index (χ1n) is 5.24. The molecule has 0 amide bonds. The van der Waals surface area contributed by atoms with Crippen molar-refractivity contribution in [2.45, 2.75) is 20.1 Å². The molecule has 0 aromatic heterocycles. The molecule has 0 bridgehead atoms. The van der Waals surface area contributed by atoms with Crippen LogP contribution in [-0.2, 0) is 23.8 Å². The summed E-state index contributed by atoms with van der Waals surface area (Å²) < 4.78 is 14.7. The molecule has 0 aromatic carbocycles. The number of carbonyl (C=O) groups excluding carboxylic acids is 2. The first-order chi connectivity index (χ1) is 7.58. The highest BCUT2D eigenvalue weighted by molar-refractivity contribution is 5.72. The van der Waals surface area contributed by atoms with Crippen LogP contribution in [-0.4, -0.2) is 56.0 Å². The first kappa shape index (κ1) is 12.9. The average Bonchev–Trinajstić information content (AvgIpc) is 2.17. The second kappa shape index (κ2) is 6.44. The van der Waals surface area contributed by atoms with Crippen LogP contribution in [0.25, 0.3) is 0 Å². The second-order valence-corrected chi connectivity index (χ2v) is 3.56. The third kappa shape index (κ3) is 5.09. The molecule has 1 rings (SSSR count). The minimum absolute atomic E-state index is 0.203. The summed E-state index contributed by atoms with van der Waals surface area (Å²) in [5, 5.41) is 0. The van der Waals surface area contributed by atoms with Gasteiger partial charge in [-0.05, 0) is 0 Å². The molecule has 0 N–H and O–H groups in total. The van der Waals surface area contributed by atoms with Crippen LogP contribution >= 0.6 is 0 Å². The summed E-state index contributed by atoms with van der Waals surface area (Å²) in [7, 11) is 0. The highest BCUT2D eigenvalue weighted by Crippen LogP contribution is 2.00. The van der Waals surface area contributed by atoms with Crippen molar-refractivity contribution < 1.29 is 23.8 Å². The number of hydrogen-bond acceptors (Lipinski definition) is 6. The van der Waals surface area contributed by atoms with Gasteiger partial charge in [0.1, 0.15) is 0 Å². The Hall–Kier alpha value is -1.14. The lowest BCUT2D eigenvalue weighted by molar-refractivity contribution is -0.183. The van der Waals surface area contributed by atoms with Gasteiger partial charge in [-0.1, -0.05) is 0 Å². The molecular weight excluding hydrogens is 214 g/mol. The molecule has 0 radical (unpaired) electrons. The molecule has 1 fully saturated rings. The predicted molar refractivity (Wildman–Crippen MR) is 54.6 cm³/mol. The van der Waals surface area contributed by atoms with E-state index in [1.807, 2.05) is 4.90 Å². The van der Waals surface area contributed by atoms with Gasteiger partial charge in [-0.25, -0.2) is 0 Å². The van der Waals surface area contributed by atoms with E-state index in [4.69, 9.17) is 9.47 Å². The van der Waals surface area contributed by atoms with Crippen LogP contribution in [0.1, 0.15) is 13.8 Å². The Kier molecular flexibility index (Phi) is 5.21. The molecule has 1 saturated heterocycles. The maximum atomic E-state index is 11.4. The quantitative estimate of drug-likeness (QED) is 0.492. The Morgan fingerprint density at radius 2 is 1.94 bits per heavy atom. The van der Waals surface area contributed by atoms with Crippen molar-refractivity contribution in [3.05, 3.63) is 0 Å². The van der Waals surface area contributed by atoms with Gasteiger partial charge in [0.05, 0.1) is 19.8 Å². The van der Waals surface area contributed by atoms with Gasteiger partial charge in [0.15, 0.2) is 0 Å². The van der Waals surface area contributed by atoms with Crippen molar-refractivity contribution in [3.8, 4) is 0 Å². The van der Waals surface area contributed by atoms with Gasteiger partial charge in [0.25, 0.3) is 0 Å². The Labute approximate surface area is 94.4 Å². The lowest BCUT2D eigenvalue weighted by atomic mass is 10.4. The van der Waals surface area contributed by atoms with Gasteiger partial charge >= 0.3 is 11.9 Å². The zero-order valence-corrected chi connectivity index (χ0v) is 9.60. The van der Waals surface area contributed by atoms with Crippen molar-refractivity contribution in [3.63, 3.8) is 0 Å². The summed E-state index contributed by atoms with van der Waals surface area (Å²) in [6.07, 6.45) is -0.828. The molecule has 1 heterocycles. The second-order valence-electron chi connectivity index (χ2n) is 3.56. The van der Waals surface area contributed by atoms with E-state index in [0.29, 0.717) is 13.2 Å². The number of hydrogen-bond donors (Lipinski definition) is 0. The van der Waals surface area contributed by atoms with Crippen LogP contribution < -0.4 is 0 Å². The van der Waals surface area contributed by atoms with Gasteiger partial charge in [-0.2, -0.15) is 0 Å². The van der Waals surface area contributed by atoms with Crippen molar-refractivity contribution in [1.82, 2.24) is 4.90 Å². The Morgan fingerprint density at radius 1 is 1.31 bits per heavy atom. The van der Waals surface area contributed by atoms with E-state index >= 15 is 0 Å². The number of morpholine rings is 1. The van der Waals surface area contributed by atoms with Gasteiger partial charge in [0, 0.05) is 26.9 Å². The molecule has 6 nitrogen and oxygen atoms in total. The van der Waals surface area contributed by atoms with Crippen LogP contribution in [0.5, 0.6) is 0 Å². The summed E-state index contributed by atoms with van der Waals surface area (Å²) >= 11 is 0. The van der Waals surface area contributed by atoms with E-state index < -0.39 is 18.2 Å². The Bertz CT molecular complexity index is 250. The molecule has 1 atom stereocenters. The zero-order valence-electron chi connectivity index (χ0n) is 9.60. The van der Waals surface area contributed by atoms with Crippen LogP contribution in [0.15, 0.2) is 0 Å². The van der Waals surface area contributed by atoms with Crippen molar-refractivity contribution in [1.29, 1.82) is 0 Å². The summed E-state index contributed by atoms with van der Waals surface area (Å²) in [6, 6.07) is 0. The highest BCUT2D eigenvalue weighted by Gasteiger charge is 2.17. The molecule has 1 unspecified atom stereocenters. The van der Waals surface area contributed by atoms with Gasteiger partial charge in [-0.15, -0.1) is 0 Å². The van der Waals surface area contributed by atoms with E-state index in [1.165, 1.54) is 13.8 Å². The predicted octanol–water partition coefficient (Wildman–Crippen LogP) is -0.229. The summed E-state index contributed by atoms with van der Waals surface area (Å²) in [6.45, 7) is 5.69. The smallest absolute Gasteiger partial charge is 0.323 e. The number of esters is 2. The number of carbonyl (C=O) groups is 2. The summed E-state index contributed by atoms with van der Waals surface area (Å²) in [4.78, 5) is 23.9. The normalized spacial score (nSPS) is 18.9. The van der Waals surface area contributed by atoms with Crippen LogP contribution in [0.3, 0.4) is 0 Å². The molecule has 0 aliphatic carbocycles. The molecule has 92 valence electrons. The van der Waals surface area contributed by atoms with E-state index in [9.17, 15) is 9.59 Å². The number of nitrogens with zero attached hydrogens (tertiary/aromatic N) is 1. The molecule has 1 aliphatic heterocycles. The Balaban J connectivity index is 2.21. The molecule has 6 heteroatoms. The summed E-state index contributed by atoms with van der Waals surface area (Å²) in [5.41, 5.74) is 0. The minimum atomic E-state index is -0.828. The molecule has 0 saturated carbocycles. The van der Waals surface area contributed by atoms with E-state index in [1.54, 1.807) is 0 Å². The fourth-order valence-electron chi connectivity index (χ4n) is 1.42. The SMILES string of the molecule is CC(=O)OC(C)OC(=O)CN1CCOCC1. The standard InChI is InChI=1S/C10H17NO5/c1-8(12)15-9(2)16-10(13)7-11-3-5-14-6-4-11/h9H,3-7H2,1-2H3. The molecule has 1 aliphatic rings. The van der Waals surface area contributed by atoms with Crippen molar-refractivity contribution >= 4 is 11.9 Å². The average molecular weight is 231 g/mol. The fraction of sp³-hybridized carbons (Fsp3) is 0.800. The number of ether oxygens (including phenoxy) is 3. The monoisotopic (exact) mass is 231 g/mol. The summed E-state index contributed by atoms with van der Waals surface area (Å²) in [5.74, 6) is -0.859. The first-order valence-corrected chi connectivity index (χ1v) is 5.24. The van der Waals surface area contributed by atoms with E-state index in [0.717, 1.165) is 13.1 Å². The topological polar surface area (TPSA) is 65.1 Å². The van der Waals surface area contributed by atoms with Crippen LogP contribution in [0.4, 0.5) is 0 Å². The minimum Gasteiger partial charge on any atom is -0.426 e. The third-order valence-corrected chi connectivity index (χ3v) is 2.09. The largest absolute Gasteiger partial charge is 0.426 e. The van der Waals surface area contributed by atoms with Gasteiger partial charge in [-0.3, -0.25) is 14.5 Å². The van der Waals surface area contributed by atoms with E-state index in [2.05, 4.69) is 4.74 Å². The van der Waals surface area contributed by atoms with Crippen LogP contribution in [0, 0.1) is 0 Å². The van der Waals surface area contributed by atoms with Crippen LogP contribution in [0.2, 0.25) is 0 Å². The van der Waals surface area contributed by atoms with Crippen molar-refractivity contribution in [2.24, 2.45) is 0 Å². The zero-order chi connectivity index (χ0) is 12.0. The molecule has 16 heavy (non-hydrogen) atoms. The number of rotatable bonds is 4. The maximum Gasteiger partial charge on any atom is 0.323 e. The molecular formula is C10H17NO5. The van der Waals surface area contributed by atoms with E-state index in [-0.39, 0.29) is 6.54 Å². The molecule has 0 spiro atoms. The Morgan fingerprint density at radius 3 is 2.50 bits per heavy atom. The lowest BCUT2D eigenvalue weighted by Gasteiger charge is -2.25. The lowest BCUT2D eigenvalue weighted by Crippen LogP contribution is -2.40. The van der Waals surface area contributed by atoms with Gasteiger partial charge < -0.3 is 14.2 Å². The fourth-order valence-corrected chi connectivity index (χ4v) is 1.42. The highest BCUT2D eigenvalue weighted by atomic mass is 16.7. The maximum absolute atomic E-state index is 11.4.